The summed E-state index contributed by atoms with van der Waals surface area (Å²) in [4.78, 5) is 26.7. The second-order valence-corrected chi connectivity index (χ2v) is 10.1. The Morgan fingerprint density at radius 2 is 1.73 bits per heavy atom. The van der Waals surface area contributed by atoms with Crippen molar-refractivity contribution in [3.63, 3.8) is 0 Å². The zero-order chi connectivity index (χ0) is 23.6. The van der Waals surface area contributed by atoms with Gasteiger partial charge in [-0.1, -0.05) is 41.9 Å². The minimum Gasteiger partial charge on any atom is -0.335 e. The summed E-state index contributed by atoms with van der Waals surface area (Å²) in [5, 5.41) is 5.34. The van der Waals surface area contributed by atoms with Crippen LogP contribution in [0.3, 0.4) is 0 Å². The summed E-state index contributed by atoms with van der Waals surface area (Å²) in [5.74, 6) is -1.15. The minimum absolute atomic E-state index is 0.0863. The lowest BCUT2D eigenvalue weighted by Crippen LogP contribution is -2.52. The summed E-state index contributed by atoms with van der Waals surface area (Å²) in [7, 11) is -3.86. The highest BCUT2D eigenvalue weighted by Crippen LogP contribution is 2.23. The molecule has 8 nitrogen and oxygen atoms in total. The summed E-state index contributed by atoms with van der Waals surface area (Å²) < 4.78 is 40.4. The molecular formula is C22H22ClFN4O4S. The first-order valence-electron chi connectivity index (χ1n) is 10.4. The molecule has 0 saturated carbocycles. The summed E-state index contributed by atoms with van der Waals surface area (Å²) in [6.45, 7) is 0.812. The van der Waals surface area contributed by atoms with E-state index in [4.69, 9.17) is 11.6 Å². The van der Waals surface area contributed by atoms with E-state index in [0.717, 1.165) is 17.7 Å². The van der Waals surface area contributed by atoms with Gasteiger partial charge in [0.2, 0.25) is 15.9 Å². The van der Waals surface area contributed by atoms with Gasteiger partial charge in [-0.15, -0.1) is 0 Å². The number of hydrogen-bond donors (Lipinski definition) is 0. The Morgan fingerprint density at radius 1 is 1.03 bits per heavy atom. The van der Waals surface area contributed by atoms with E-state index in [0.29, 0.717) is 0 Å². The molecule has 4 rings (SSSR count). The largest absolute Gasteiger partial charge is 0.335 e. The van der Waals surface area contributed by atoms with Crippen molar-refractivity contribution in [2.75, 3.05) is 26.2 Å². The van der Waals surface area contributed by atoms with E-state index in [2.05, 4.69) is 5.10 Å². The van der Waals surface area contributed by atoms with Crippen LogP contribution < -0.4 is 0 Å². The van der Waals surface area contributed by atoms with Crippen LogP contribution in [0.5, 0.6) is 0 Å². The molecule has 0 aliphatic carbocycles. The summed E-state index contributed by atoms with van der Waals surface area (Å²) >= 11 is 5.73. The third kappa shape index (κ3) is 5.07. The Hall–Kier alpha value is -2.82. The molecule has 2 aromatic rings. The lowest BCUT2D eigenvalue weighted by atomic mass is 10.1. The van der Waals surface area contributed by atoms with Gasteiger partial charge in [-0.2, -0.15) is 9.41 Å². The van der Waals surface area contributed by atoms with Crippen LogP contribution >= 0.6 is 11.6 Å². The average molecular weight is 493 g/mol. The van der Waals surface area contributed by atoms with E-state index in [9.17, 15) is 22.4 Å². The molecular weight excluding hydrogens is 471 g/mol. The second kappa shape index (κ2) is 9.58. The van der Waals surface area contributed by atoms with Crippen LogP contribution in [0, 0.1) is 5.82 Å². The molecule has 1 saturated heterocycles. The molecule has 2 heterocycles. The number of hydrogen-bond acceptors (Lipinski definition) is 5. The molecule has 2 amide bonds. The van der Waals surface area contributed by atoms with Crippen molar-refractivity contribution in [1.29, 1.82) is 0 Å². The molecule has 33 heavy (non-hydrogen) atoms. The number of halogens is 2. The van der Waals surface area contributed by atoms with E-state index >= 15 is 0 Å². The van der Waals surface area contributed by atoms with Crippen LogP contribution in [0.4, 0.5) is 4.39 Å². The molecule has 0 spiro atoms. The molecule has 2 aliphatic rings. The maximum atomic E-state index is 13.4. The van der Waals surface area contributed by atoms with Gasteiger partial charge >= 0.3 is 0 Å². The first-order valence-corrected chi connectivity index (χ1v) is 12.2. The zero-order valence-electron chi connectivity index (χ0n) is 17.7. The van der Waals surface area contributed by atoms with Crippen molar-refractivity contribution in [2.45, 2.75) is 24.3 Å². The van der Waals surface area contributed by atoms with E-state index in [1.165, 1.54) is 15.4 Å². The summed E-state index contributed by atoms with van der Waals surface area (Å²) in [6.07, 6.45) is 0.437. The fraction of sp³-hybridized carbons (Fsp3) is 0.318. The quantitative estimate of drug-likeness (QED) is 0.641. The van der Waals surface area contributed by atoms with Crippen molar-refractivity contribution >= 4 is 39.2 Å². The zero-order valence-corrected chi connectivity index (χ0v) is 19.2. The lowest BCUT2D eigenvalue weighted by molar-refractivity contribution is -0.132. The number of carbonyl (C=O) groups excluding carboxylic acids is 2. The normalized spacial score (nSPS) is 17.8. The SMILES string of the molecule is O=C(C1=NN(Cc2ccccc2)C(=O)CC1)N1CCN(S(=O)(=O)c2ccc(F)c(Cl)c2)CC1. The van der Waals surface area contributed by atoms with Crippen molar-refractivity contribution in [2.24, 2.45) is 5.10 Å². The van der Waals surface area contributed by atoms with Crippen LogP contribution in [0.25, 0.3) is 0 Å². The smallest absolute Gasteiger partial charge is 0.270 e. The third-order valence-electron chi connectivity index (χ3n) is 5.58. The highest BCUT2D eigenvalue weighted by atomic mass is 35.5. The number of nitrogens with zero attached hydrogens (tertiary/aromatic N) is 4. The lowest BCUT2D eigenvalue weighted by Gasteiger charge is -2.35. The van der Waals surface area contributed by atoms with Crippen molar-refractivity contribution in [3.05, 3.63) is 64.9 Å². The van der Waals surface area contributed by atoms with Crippen LogP contribution in [0.2, 0.25) is 5.02 Å². The Bertz CT molecular complexity index is 1200. The fourth-order valence-electron chi connectivity index (χ4n) is 3.74. The topological polar surface area (TPSA) is 90.4 Å². The average Bonchev–Trinajstić information content (AvgIpc) is 2.82. The van der Waals surface area contributed by atoms with Gasteiger partial charge < -0.3 is 4.90 Å². The minimum atomic E-state index is -3.86. The molecule has 0 N–H and O–H groups in total. The fourth-order valence-corrected chi connectivity index (χ4v) is 5.43. The molecule has 0 bridgehead atoms. The van der Waals surface area contributed by atoms with E-state index < -0.39 is 15.8 Å². The number of piperazine rings is 1. The number of carbonyl (C=O) groups is 2. The Morgan fingerprint density at radius 3 is 2.39 bits per heavy atom. The van der Waals surface area contributed by atoms with Gasteiger partial charge in [0.1, 0.15) is 11.5 Å². The Labute approximate surface area is 196 Å². The molecule has 2 aromatic carbocycles. The van der Waals surface area contributed by atoms with Crippen LogP contribution in [0.15, 0.2) is 58.5 Å². The molecule has 0 radical (unpaired) electrons. The van der Waals surface area contributed by atoms with Gasteiger partial charge in [0.05, 0.1) is 16.5 Å². The van der Waals surface area contributed by atoms with E-state index in [-0.39, 0.29) is 73.0 Å². The summed E-state index contributed by atoms with van der Waals surface area (Å²) in [5.41, 5.74) is 1.19. The van der Waals surface area contributed by atoms with Crippen LogP contribution in [-0.2, 0) is 26.2 Å². The molecule has 0 unspecified atom stereocenters. The number of rotatable bonds is 5. The van der Waals surface area contributed by atoms with Gasteiger partial charge in [0.15, 0.2) is 0 Å². The predicted molar refractivity (Wildman–Crippen MR) is 120 cm³/mol. The van der Waals surface area contributed by atoms with Crippen LogP contribution in [-0.4, -0.2) is 66.3 Å². The van der Waals surface area contributed by atoms with Gasteiger partial charge in [-0.25, -0.2) is 17.8 Å². The number of sulfonamides is 1. The highest BCUT2D eigenvalue weighted by Gasteiger charge is 2.33. The standard InChI is InChI=1S/C22H22ClFN4O4S/c23-18-14-17(6-7-19(18)24)33(31,32)27-12-10-26(11-13-27)22(30)20-8-9-21(29)28(25-20)15-16-4-2-1-3-5-16/h1-7,14H,8-13,15H2. The van der Waals surface area contributed by atoms with Gasteiger partial charge in [0, 0.05) is 39.0 Å². The molecule has 11 heteroatoms. The Balaban J connectivity index is 1.42. The Kier molecular flexibility index (Phi) is 6.78. The highest BCUT2D eigenvalue weighted by molar-refractivity contribution is 7.89. The molecule has 2 aliphatic heterocycles. The maximum Gasteiger partial charge on any atom is 0.270 e. The number of benzene rings is 2. The first-order chi connectivity index (χ1) is 15.8. The van der Waals surface area contributed by atoms with Crippen molar-refractivity contribution in [1.82, 2.24) is 14.2 Å². The van der Waals surface area contributed by atoms with Crippen molar-refractivity contribution < 1.29 is 22.4 Å². The van der Waals surface area contributed by atoms with E-state index in [1.807, 2.05) is 30.3 Å². The van der Waals surface area contributed by atoms with Gasteiger partial charge in [-0.05, 0) is 23.8 Å². The van der Waals surface area contributed by atoms with Crippen molar-refractivity contribution in [3.8, 4) is 0 Å². The number of hydrazone groups is 1. The van der Waals surface area contributed by atoms with Gasteiger partial charge in [0.25, 0.3) is 5.91 Å². The van der Waals surface area contributed by atoms with E-state index in [1.54, 1.807) is 4.90 Å². The molecule has 1 fully saturated rings. The number of amides is 2. The third-order valence-corrected chi connectivity index (χ3v) is 7.77. The summed E-state index contributed by atoms with van der Waals surface area (Å²) in [6, 6.07) is 12.6. The second-order valence-electron chi connectivity index (χ2n) is 7.76. The first kappa shape index (κ1) is 23.3. The maximum absolute atomic E-state index is 13.4. The molecule has 0 atom stereocenters. The monoisotopic (exact) mass is 492 g/mol. The molecule has 0 aromatic heterocycles. The predicted octanol–water partition coefficient (Wildman–Crippen LogP) is 2.49. The van der Waals surface area contributed by atoms with Gasteiger partial charge in [-0.3, -0.25) is 9.59 Å². The molecule has 174 valence electrons. The van der Waals surface area contributed by atoms with Crippen LogP contribution in [0.1, 0.15) is 18.4 Å².